The van der Waals surface area contributed by atoms with E-state index in [1.54, 1.807) is 0 Å². The molecule has 0 radical (unpaired) electrons. The predicted molar refractivity (Wildman–Crippen MR) is 51.7 cm³/mol. The van der Waals surface area contributed by atoms with Gasteiger partial charge in [0.05, 0.1) is 5.03 Å². The Labute approximate surface area is 78.0 Å². The summed E-state index contributed by atoms with van der Waals surface area (Å²) in [6, 6.07) is 0. The van der Waals surface area contributed by atoms with E-state index in [0.29, 0.717) is 0 Å². The highest BCUT2D eigenvalue weighted by molar-refractivity contribution is 6.31. The van der Waals surface area contributed by atoms with Crippen LogP contribution in [0.3, 0.4) is 0 Å². The van der Waals surface area contributed by atoms with Crippen molar-refractivity contribution in [3.05, 3.63) is 35.2 Å². The smallest absolute Gasteiger partial charge is 0.0569 e. The van der Waals surface area contributed by atoms with E-state index >= 15 is 0 Å². The van der Waals surface area contributed by atoms with E-state index in [-0.39, 0.29) is 5.54 Å². The fourth-order valence-electron chi connectivity index (χ4n) is 1.63. The van der Waals surface area contributed by atoms with Crippen LogP contribution in [0.2, 0.25) is 0 Å². The van der Waals surface area contributed by atoms with Crippen LogP contribution >= 0.6 is 11.6 Å². The number of fused-ring (bicyclic) bond motifs is 1. The van der Waals surface area contributed by atoms with Crippen LogP contribution in [0, 0.1) is 0 Å². The zero-order valence-corrected chi connectivity index (χ0v) is 8.10. The molecule has 0 N–H and O–H groups in total. The van der Waals surface area contributed by atoms with E-state index in [1.165, 1.54) is 5.70 Å². The van der Waals surface area contributed by atoms with E-state index in [4.69, 9.17) is 11.6 Å². The molecule has 2 aliphatic heterocycles. The number of halogens is 1. The fourth-order valence-corrected chi connectivity index (χ4v) is 1.79. The zero-order valence-electron chi connectivity index (χ0n) is 7.34. The molecule has 0 saturated carbocycles. The van der Waals surface area contributed by atoms with Gasteiger partial charge in [-0.2, -0.15) is 0 Å². The zero-order chi connectivity index (χ0) is 8.77. The Bertz CT molecular complexity index is 297. The standard InChI is InChI=1S/C10H12ClN/c1-10(2)6-5-9-4-3-8(11)7-12(9)10/h3-5,7H,6H2,1-2H3. The molecule has 0 spiro atoms. The number of nitrogens with zero attached hydrogens (tertiary/aromatic N) is 1. The van der Waals surface area contributed by atoms with Gasteiger partial charge in [0.1, 0.15) is 0 Å². The average Bonchev–Trinajstić information content (AvgIpc) is 2.28. The summed E-state index contributed by atoms with van der Waals surface area (Å²) in [5, 5.41) is 0.808. The summed E-state index contributed by atoms with van der Waals surface area (Å²) < 4.78 is 0. The molecule has 0 amide bonds. The molecule has 0 bridgehead atoms. The number of hydrogen-bond acceptors (Lipinski definition) is 1. The molecular weight excluding hydrogens is 170 g/mol. The van der Waals surface area contributed by atoms with Crippen LogP contribution in [0.15, 0.2) is 35.2 Å². The van der Waals surface area contributed by atoms with Gasteiger partial charge in [0.15, 0.2) is 0 Å². The second-order valence-electron chi connectivity index (χ2n) is 3.86. The molecule has 0 aliphatic carbocycles. The van der Waals surface area contributed by atoms with Gasteiger partial charge in [-0.15, -0.1) is 0 Å². The molecule has 2 aliphatic rings. The van der Waals surface area contributed by atoms with Crippen LogP contribution in [-0.4, -0.2) is 10.4 Å². The first kappa shape index (κ1) is 7.93. The molecule has 0 saturated heterocycles. The highest BCUT2D eigenvalue weighted by Gasteiger charge is 2.31. The molecule has 0 fully saturated rings. The summed E-state index contributed by atoms with van der Waals surface area (Å²) in [5.41, 5.74) is 1.46. The largest absolute Gasteiger partial charge is 0.341 e. The Morgan fingerprint density at radius 1 is 1.42 bits per heavy atom. The first-order valence-corrected chi connectivity index (χ1v) is 4.52. The molecule has 1 nitrogen and oxygen atoms in total. The lowest BCUT2D eigenvalue weighted by atomic mass is 10.0. The average molecular weight is 182 g/mol. The maximum atomic E-state index is 5.92. The van der Waals surface area contributed by atoms with Crippen molar-refractivity contribution in [2.45, 2.75) is 25.8 Å². The highest BCUT2D eigenvalue weighted by Crippen LogP contribution is 2.35. The third-order valence-corrected chi connectivity index (χ3v) is 2.63. The molecule has 64 valence electrons. The Morgan fingerprint density at radius 2 is 2.17 bits per heavy atom. The normalized spacial score (nSPS) is 25.1. The van der Waals surface area contributed by atoms with Gasteiger partial charge in [-0.3, -0.25) is 0 Å². The van der Waals surface area contributed by atoms with Gasteiger partial charge >= 0.3 is 0 Å². The van der Waals surface area contributed by atoms with E-state index < -0.39 is 0 Å². The van der Waals surface area contributed by atoms with Gasteiger partial charge in [0.2, 0.25) is 0 Å². The second kappa shape index (κ2) is 2.40. The van der Waals surface area contributed by atoms with Crippen LogP contribution in [0.1, 0.15) is 20.3 Å². The summed E-state index contributed by atoms with van der Waals surface area (Å²) in [6.07, 6.45) is 9.34. The predicted octanol–water partition coefficient (Wildman–Crippen LogP) is 3.00. The first-order chi connectivity index (χ1) is 5.59. The van der Waals surface area contributed by atoms with Crippen LogP contribution in [0.4, 0.5) is 0 Å². The van der Waals surface area contributed by atoms with Crippen molar-refractivity contribution < 1.29 is 0 Å². The maximum Gasteiger partial charge on any atom is 0.0569 e. The van der Waals surface area contributed by atoms with Crippen LogP contribution in [-0.2, 0) is 0 Å². The van der Waals surface area contributed by atoms with Crippen molar-refractivity contribution in [2.75, 3.05) is 0 Å². The molecule has 2 heterocycles. The summed E-state index contributed by atoms with van der Waals surface area (Å²) >= 11 is 5.92. The first-order valence-electron chi connectivity index (χ1n) is 4.14. The third kappa shape index (κ3) is 1.09. The van der Waals surface area contributed by atoms with Gasteiger partial charge < -0.3 is 4.90 Å². The molecular formula is C10H12ClN. The topological polar surface area (TPSA) is 3.24 Å². The summed E-state index contributed by atoms with van der Waals surface area (Å²) in [7, 11) is 0. The van der Waals surface area contributed by atoms with Gasteiger partial charge in [-0.05, 0) is 32.4 Å². The van der Waals surface area contributed by atoms with Crippen LogP contribution in [0.5, 0.6) is 0 Å². The Kier molecular flexibility index (Phi) is 1.58. The molecule has 0 aromatic rings. The van der Waals surface area contributed by atoms with Crippen LogP contribution < -0.4 is 0 Å². The number of rotatable bonds is 0. The number of hydrogen-bond donors (Lipinski definition) is 0. The Hall–Kier alpha value is -0.690. The third-order valence-electron chi connectivity index (χ3n) is 2.41. The molecule has 0 aromatic heterocycles. The van der Waals surface area contributed by atoms with Gasteiger partial charge in [0, 0.05) is 17.4 Å². The molecule has 2 rings (SSSR count). The van der Waals surface area contributed by atoms with Crippen molar-refractivity contribution in [1.29, 1.82) is 0 Å². The fraction of sp³-hybridized carbons (Fsp3) is 0.400. The second-order valence-corrected chi connectivity index (χ2v) is 4.30. The maximum absolute atomic E-state index is 5.92. The van der Waals surface area contributed by atoms with Crippen LogP contribution in [0.25, 0.3) is 0 Å². The van der Waals surface area contributed by atoms with Crippen molar-refractivity contribution in [3.63, 3.8) is 0 Å². The lowest BCUT2D eigenvalue weighted by Crippen LogP contribution is -2.35. The summed E-state index contributed by atoms with van der Waals surface area (Å²) in [6.45, 7) is 4.44. The van der Waals surface area contributed by atoms with E-state index in [2.05, 4.69) is 30.9 Å². The highest BCUT2D eigenvalue weighted by atomic mass is 35.5. The van der Waals surface area contributed by atoms with Crippen molar-refractivity contribution >= 4 is 11.6 Å². The minimum absolute atomic E-state index is 0.195. The van der Waals surface area contributed by atoms with Gasteiger partial charge in [-0.25, -0.2) is 0 Å². The quantitative estimate of drug-likeness (QED) is 0.556. The Balaban J connectivity index is 2.37. The van der Waals surface area contributed by atoms with E-state index in [0.717, 1.165) is 11.5 Å². The van der Waals surface area contributed by atoms with E-state index in [9.17, 15) is 0 Å². The van der Waals surface area contributed by atoms with Gasteiger partial charge in [0.25, 0.3) is 0 Å². The van der Waals surface area contributed by atoms with Crippen molar-refractivity contribution in [2.24, 2.45) is 0 Å². The number of allylic oxidation sites excluding steroid dienone is 3. The lowest BCUT2D eigenvalue weighted by molar-refractivity contribution is 0.268. The van der Waals surface area contributed by atoms with E-state index in [1.807, 2.05) is 12.3 Å². The molecule has 2 heteroatoms. The monoisotopic (exact) mass is 181 g/mol. The SMILES string of the molecule is CC1(C)CC=C2C=CC(Cl)=CN21. The summed E-state index contributed by atoms with van der Waals surface area (Å²) in [4.78, 5) is 2.23. The minimum Gasteiger partial charge on any atom is -0.341 e. The van der Waals surface area contributed by atoms with Crippen molar-refractivity contribution in [1.82, 2.24) is 4.90 Å². The molecule has 12 heavy (non-hydrogen) atoms. The van der Waals surface area contributed by atoms with Crippen molar-refractivity contribution in [3.8, 4) is 0 Å². The lowest BCUT2D eigenvalue weighted by Gasteiger charge is -2.33. The van der Waals surface area contributed by atoms with Gasteiger partial charge in [-0.1, -0.05) is 17.7 Å². The molecule has 0 atom stereocenters. The Morgan fingerprint density at radius 3 is 2.92 bits per heavy atom. The molecule has 0 unspecified atom stereocenters. The summed E-state index contributed by atoms with van der Waals surface area (Å²) in [5.74, 6) is 0. The minimum atomic E-state index is 0.195. The molecule has 0 aromatic carbocycles.